The average molecular weight is 410 g/mol. The van der Waals surface area contributed by atoms with Crippen molar-refractivity contribution in [2.75, 3.05) is 12.4 Å². The van der Waals surface area contributed by atoms with Crippen molar-refractivity contribution in [1.29, 1.82) is 0 Å². The van der Waals surface area contributed by atoms with Crippen LogP contribution in [0.1, 0.15) is 55.2 Å². The van der Waals surface area contributed by atoms with E-state index in [1.165, 1.54) is 13.2 Å². The fourth-order valence-corrected chi connectivity index (χ4v) is 3.42. The van der Waals surface area contributed by atoms with Crippen molar-refractivity contribution in [1.82, 2.24) is 9.78 Å². The number of aryl methyl sites for hydroxylation is 1. The van der Waals surface area contributed by atoms with E-state index in [4.69, 9.17) is 4.74 Å². The van der Waals surface area contributed by atoms with Crippen LogP contribution < -0.4 is 14.8 Å². The van der Waals surface area contributed by atoms with Crippen LogP contribution in [0.15, 0.2) is 36.5 Å². The largest absolute Gasteiger partial charge is 0.618 e. The summed E-state index contributed by atoms with van der Waals surface area (Å²) in [5.41, 5.74) is 1.10. The van der Waals surface area contributed by atoms with Gasteiger partial charge in [-0.25, -0.2) is 0 Å². The van der Waals surface area contributed by atoms with E-state index < -0.39 is 11.5 Å². The van der Waals surface area contributed by atoms with Gasteiger partial charge in [0.2, 0.25) is 0 Å². The molecule has 2 heterocycles. The predicted molar refractivity (Wildman–Crippen MR) is 113 cm³/mol. The number of aromatic nitrogens is 3. The first-order chi connectivity index (χ1) is 14.2. The summed E-state index contributed by atoms with van der Waals surface area (Å²) in [6.45, 7) is 4.08. The Bertz CT molecular complexity index is 1100. The van der Waals surface area contributed by atoms with Crippen LogP contribution in [0.5, 0.6) is 5.75 Å². The number of carbonyl (C=O) groups is 1. The Balaban J connectivity index is 1.60. The van der Waals surface area contributed by atoms with Crippen molar-refractivity contribution >= 4 is 22.5 Å². The highest BCUT2D eigenvalue weighted by atomic mass is 16.5. The molecule has 1 aliphatic carbocycles. The van der Waals surface area contributed by atoms with Gasteiger partial charge in [-0.3, -0.25) is 9.48 Å². The van der Waals surface area contributed by atoms with Gasteiger partial charge in [0, 0.05) is 42.2 Å². The van der Waals surface area contributed by atoms with Crippen LogP contribution in [0.4, 0.5) is 5.69 Å². The molecule has 8 nitrogen and oxygen atoms in total. The first kappa shape index (κ1) is 20.2. The second-order valence-electron chi connectivity index (χ2n) is 8.42. The number of hydrogen-bond acceptors (Lipinski definition) is 5. The molecule has 0 atom stereocenters. The lowest BCUT2D eigenvalue weighted by Gasteiger charge is -2.16. The molecule has 1 fully saturated rings. The van der Waals surface area contributed by atoms with Gasteiger partial charge in [-0.15, -0.1) is 0 Å². The van der Waals surface area contributed by atoms with E-state index in [1.54, 1.807) is 42.8 Å². The molecule has 158 valence electrons. The average Bonchev–Trinajstić information content (AvgIpc) is 3.45. The Morgan fingerprint density at radius 2 is 2.17 bits per heavy atom. The first-order valence-electron chi connectivity index (χ1n) is 10.1. The van der Waals surface area contributed by atoms with Crippen LogP contribution in [0, 0.1) is 5.21 Å². The van der Waals surface area contributed by atoms with Crippen molar-refractivity contribution in [3.8, 4) is 5.75 Å². The second-order valence-corrected chi connectivity index (χ2v) is 8.42. The maximum absolute atomic E-state index is 12.8. The molecule has 2 N–H and O–H groups in total. The zero-order chi connectivity index (χ0) is 21.5. The third-order valence-corrected chi connectivity index (χ3v) is 5.28. The van der Waals surface area contributed by atoms with E-state index in [0.29, 0.717) is 30.1 Å². The van der Waals surface area contributed by atoms with E-state index in [-0.39, 0.29) is 11.6 Å². The van der Waals surface area contributed by atoms with Gasteiger partial charge < -0.3 is 20.4 Å². The molecular weight excluding hydrogens is 384 g/mol. The SMILES string of the molecule is COc1cc2nn(CCC(C)(C)O)cc2cc1NC(=O)c1cccc(C2CC2)[n+]1[O-]. The molecule has 0 bridgehead atoms. The topological polar surface area (TPSA) is 103 Å². The smallest absolute Gasteiger partial charge is 0.321 e. The standard InChI is InChI=1S/C22H26N4O4/c1-22(2,28)9-10-25-13-15-11-17(20(30-3)12-16(15)24-25)23-21(27)19-6-4-5-18(26(19)29)14-7-8-14/h4-6,11-14,28H,7-10H2,1-3H3,(H,23,27). The van der Waals surface area contributed by atoms with Crippen LogP contribution in [-0.2, 0) is 6.54 Å². The summed E-state index contributed by atoms with van der Waals surface area (Å²) in [5, 5.41) is 30.7. The van der Waals surface area contributed by atoms with Crippen molar-refractivity contribution in [2.45, 2.75) is 51.2 Å². The normalized spacial score (nSPS) is 14.1. The molecule has 1 aliphatic rings. The van der Waals surface area contributed by atoms with Crippen LogP contribution in [0.2, 0.25) is 0 Å². The summed E-state index contributed by atoms with van der Waals surface area (Å²) in [6, 6.07) is 8.56. The third-order valence-electron chi connectivity index (χ3n) is 5.28. The molecule has 1 amide bonds. The van der Waals surface area contributed by atoms with Crippen LogP contribution in [0.25, 0.3) is 10.9 Å². The molecule has 0 spiro atoms. The minimum absolute atomic E-state index is 0.0578. The van der Waals surface area contributed by atoms with Crippen LogP contribution in [-0.4, -0.2) is 33.5 Å². The van der Waals surface area contributed by atoms with E-state index in [2.05, 4.69) is 10.4 Å². The Hall–Kier alpha value is -3.13. The lowest BCUT2D eigenvalue weighted by molar-refractivity contribution is -0.616. The summed E-state index contributed by atoms with van der Waals surface area (Å²) in [4.78, 5) is 12.8. The molecule has 3 aromatic rings. The minimum Gasteiger partial charge on any atom is -0.618 e. The molecule has 4 rings (SSSR count). The number of carbonyl (C=O) groups excluding carboxylic acids is 1. The van der Waals surface area contributed by atoms with Gasteiger partial charge >= 0.3 is 5.91 Å². The Labute approximate surface area is 174 Å². The monoisotopic (exact) mass is 410 g/mol. The Morgan fingerprint density at radius 1 is 1.40 bits per heavy atom. The molecule has 2 aromatic heterocycles. The second kappa shape index (κ2) is 7.60. The summed E-state index contributed by atoms with van der Waals surface area (Å²) < 4.78 is 7.92. The number of methoxy groups -OCH3 is 1. The predicted octanol–water partition coefficient (Wildman–Crippen LogP) is 2.97. The summed E-state index contributed by atoms with van der Waals surface area (Å²) in [6.07, 6.45) is 4.38. The Morgan fingerprint density at radius 3 is 2.83 bits per heavy atom. The zero-order valence-corrected chi connectivity index (χ0v) is 17.4. The van der Waals surface area contributed by atoms with Gasteiger partial charge in [0.05, 0.1) is 23.9 Å². The Kier molecular flexibility index (Phi) is 5.11. The zero-order valence-electron chi connectivity index (χ0n) is 17.4. The number of pyridine rings is 1. The molecule has 0 radical (unpaired) electrons. The van der Waals surface area contributed by atoms with Gasteiger partial charge in [0.15, 0.2) is 5.69 Å². The lowest BCUT2D eigenvalue weighted by Crippen LogP contribution is -2.40. The van der Waals surface area contributed by atoms with Gasteiger partial charge in [-0.2, -0.15) is 9.83 Å². The van der Waals surface area contributed by atoms with Crippen molar-refractivity contribution in [2.24, 2.45) is 0 Å². The van der Waals surface area contributed by atoms with Gasteiger partial charge in [-0.05, 0) is 45.2 Å². The highest BCUT2D eigenvalue weighted by molar-refractivity contribution is 6.04. The number of rotatable bonds is 7. The molecule has 1 saturated carbocycles. The van der Waals surface area contributed by atoms with E-state index in [0.717, 1.165) is 28.5 Å². The number of nitrogens with one attached hydrogen (secondary N) is 1. The number of nitrogens with zero attached hydrogens (tertiary/aromatic N) is 3. The molecule has 30 heavy (non-hydrogen) atoms. The maximum Gasteiger partial charge on any atom is 0.321 e. The molecule has 0 aliphatic heterocycles. The number of ether oxygens (including phenoxy) is 1. The first-order valence-corrected chi connectivity index (χ1v) is 10.1. The van der Waals surface area contributed by atoms with Crippen molar-refractivity contribution < 1.29 is 19.4 Å². The van der Waals surface area contributed by atoms with Gasteiger partial charge in [0.1, 0.15) is 5.75 Å². The third kappa shape index (κ3) is 4.23. The number of anilines is 1. The molecule has 0 saturated heterocycles. The number of amides is 1. The van der Waals surface area contributed by atoms with Crippen LogP contribution >= 0.6 is 0 Å². The summed E-state index contributed by atoms with van der Waals surface area (Å²) in [5.74, 6) is 0.217. The van der Waals surface area contributed by atoms with Gasteiger partial charge in [0.25, 0.3) is 5.69 Å². The summed E-state index contributed by atoms with van der Waals surface area (Å²) in [7, 11) is 1.52. The van der Waals surface area contributed by atoms with E-state index in [9.17, 15) is 15.1 Å². The van der Waals surface area contributed by atoms with E-state index in [1.807, 2.05) is 6.20 Å². The molecule has 1 aromatic carbocycles. The molecule has 0 unspecified atom stereocenters. The quantitative estimate of drug-likeness (QED) is 0.460. The van der Waals surface area contributed by atoms with E-state index >= 15 is 0 Å². The fraction of sp³-hybridized carbons (Fsp3) is 0.409. The summed E-state index contributed by atoms with van der Waals surface area (Å²) >= 11 is 0. The fourth-order valence-electron chi connectivity index (χ4n) is 3.42. The van der Waals surface area contributed by atoms with Gasteiger partial charge in [-0.1, -0.05) is 0 Å². The maximum atomic E-state index is 12.8. The molecule has 8 heteroatoms. The highest BCUT2D eigenvalue weighted by Gasteiger charge is 2.32. The van der Waals surface area contributed by atoms with Crippen LogP contribution in [0.3, 0.4) is 0 Å². The highest BCUT2D eigenvalue weighted by Crippen LogP contribution is 2.38. The number of hydrogen-bond donors (Lipinski definition) is 2. The number of benzene rings is 1. The number of fused-ring (bicyclic) bond motifs is 1. The minimum atomic E-state index is -0.780. The number of aliphatic hydroxyl groups is 1. The van der Waals surface area contributed by atoms with Crippen molar-refractivity contribution in [3.05, 3.63) is 53.1 Å². The molecular formula is C22H26N4O4. The van der Waals surface area contributed by atoms with Crippen molar-refractivity contribution in [3.63, 3.8) is 0 Å². The lowest BCUT2D eigenvalue weighted by atomic mass is 10.1.